The van der Waals surface area contributed by atoms with Crippen LogP contribution in [0.2, 0.25) is 0 Å². The molecule has 3 aromatic rings. The maximum atomic E-state index is 4.61. The molecule has 0 amide bonds. The Labute approximate surface area is 187 Å². The predicted octanol–water partition coefficient (Wildman–Crippen LogP) is 5.96. The molecular formula is C19H21Cl2N3Pt2. The van der Waals surface area contributed by atoms with Crippen LogP contribution in [0.25, 0.3) is 16.9 Å². The Morgan fingerprint density at radius 1 is 1.08 bits per heavy atom. The van der Waals surface area contributed by atoms with Gasteiger partial charge in [0, 0.05) is 11.9 Å². The molecule has 0 saturated carbocycles. The fourth-order valence-corrected chi connectivity index (χ4v) is 2.12. The molecule has 1 aromatic carbocycles. The van der Waals surface area contributed by atoms with Crippen LogP contribution in [0.4, 0.5) is 0 Å². The van der Waals surface area contributed by atoms with Gasteiger partial charge in [-0.2, -0.15) is 11.5 Å². The molecule has 0 aliphatic rings. The van der Waals surface area contributed by atoms with Gasteiger partial charge in [-0.1, -0.05) is 19.1 Å². The van der Waals surface area contributed by atoms with Crippen molar-refractivity contribution in [1.29, 1.82) is 0 Å². The molecule has 146 valence electrons. The summed E-state index contributed by atoms with van der Waals surface area (Å²) in [5, 5.41) is 4.48. The third-order valence-corrected chi connectivity index (χ3v) is 2.96. The minimum atomic E-state index is 0.922. The van der Waals surface area contributed by atoms with E-state index in [1.165, 1.54) is 0 Å². The SMILES string of the molecule is Cc1cc(C)n(-c2[c-]c(-c3ccccn3)ccc2)n1.[CH2-]CC.[Cl][Pt+].[Cl][Pt+]. The number of halogens is 2. The first-order valence-corrected chi connectivity index (χ1v) is 13.3. The van der Waals surface area contributed by atoms with Gasteiger partial charge in [-0.25, -0.2) is 0 Å². The Morgan fingerprint density at radius 3 is 2.23 bits per heavy atom. The molecule has 3 rings (SSSR count). The van der Waals surface area contributed by atoms with Gasteiger partial charge in [0.1, 0.15) is 0 Å². The van der Waals surface area contributed by atoms with Crippen LogP contribution in [-0.2, 0) is 37.5 Å². The van der Waals surface area contributed by atoms with Crippen LogP contribution in [-0.4, -0.2) is 14.8 Å². The Bertz CT molecular complexity index is 735. The van der Waals surface area contributed by atoms with E-state index in [2.05, 4.69) is 48.0 Å². The van der Waals surface area contributed by atoms with Crippen molar-refractivity contribution in [2.45, 2.75) is 27.2 Å². The van der Waals surface area contributed by atoms with E-state index in [0.29, 0.717) is 0 Å². The fraction of sp³-hybridized carbons (Fsp3) is 0.211. The maximum absolute atomic E-state index is 4.61. The minimum absolute atomic E-state index is 0.922. The molecular weight excluding hydrogens is 731 g/mol. The molecule has 0 aliphatic heterocycles. The van der Waals surface area contributed by atoms with Crippen LogP contribution in [0.15, 0.2) is 48.7 Å². The quantitative estimate of drug-likeness (QED) is 0.303. The number of benzene rings is 1. The van der Waals surface area contributed by atoms with Gasteiger partial charge in [0.05, 0.1) is 5.69 Å². The van der Waals surface area contributed by atoms with Crippen molar-refractivity contribution in [2.24, 2.45) is 0 Å². The Kier molecular flexibility index (Phi) is 15.3. The summed E-state index contributed by atoms with van der Waals surface area (Å²) in [5.74, 6) is 0. The molecule has 0 spiro atoms. The van der Waals surface area contributed by atoms with E-state index in [-0.39, 0.29) is 0 Å². The number of aryl methyl sites for hydroxylation is 2. The molecule has 26 heavy (non-hydrogen) atoms. The van der Waals surface area contributed by atoms with Crippen LogP contribution in [0.3, 0.4) is 0 Å². The van der Waals surface area contributed by atoms with Gasteiger partial charge < -0.3 is 11.9 Å². The second-order valence-corrected chi connectivity index (χ2v) is 5.00. The number of hydrogen-bond donors (Lipinski definition) is 0. The average molecular weight is 752 g/mol. The topological polar surface area (TPSA) is 30.7 Å². The van der Waals surface area contributed by atoms with E-state index in [4.69, 9.17) is 0 Å². The Morgan fingerprint density at radius 2 is 1.73 bits per heavy atom. The van der Waals surface area contributed by atoms with E-state index in [1.54, 1.807) is 43.7 Å². The van der Waals surface area contributed by atoms with Crippen LogP contribution in [0.1, 0.15) is 24.7 Å². The molecule has 0 aliphatic carbocycles. The number of hydrogen-bond acceptors (Lipinski definition) is 2. The summed E-state index contributed by atoms with van der Waals surface area (Å²) in [6, 6.07) is 17.3. The average Bonchev–Trinajstić information content (AvgIpc) is 3.05. The normalized spacial score (nSPS) is 9.00. The Hall–Kier alpha value is -0.463. The summed E-state index contributed by atoms with van der Waals surface area (Å²) < 4.78 is 1.90. The van der Waals surface area contributed by atoms with Gasteiger partial charge in [0.2, 0.25) is 0 Å². The molecule has 0 saturated heterocycles. The van der Waals surface area contributed by atoms with Gasteiger partial charge in [-0.15, -0.1) is 29.8 Å². The predicted molar refractivity (Wildman–Crippen MR) is 102 cm³/mol. The van der Waals surface area contributed by atoms with Crippen LogP contribution < -0.4 is 0 Å². The van der Waals surface area contributed by atoms with E-state index in [0.717, 1.165) is 34.8 Å². The molecule has 0 atom stereocenters. The Balaban J connectivity index is 0.000000793. The van der Waals surface area contributed by atoms with E-state index < -0.39 is 0 Å². The third kappa shape index (κ3) is 8.48. The van der Waals surface area contributed by atoms with Crippen molar-refractivity contribution < 1.29 is 37.5 Å². The molecule has 3 nitrogen and oxygen atoms in total. The zero-order valence-electron chi connectivity index (χ0n) is 14.8. The summed E-state index contributed by atoms with van der Waals surface area (Å²) in [6.07, 6.45) is 2.79. The van der Waals surface area contributed by atoms with Crippen molar-refractivity contribution in [2.75, 3.05) is 0 Å². The van der Waals surface area contributed by atoms with Crippen molar-refractivity contribution >= 4 is 18.8 Å². The summed E-state index contributed by atoms with van der Waals surface area (Å²) in [4.78, 5) is 4.35. The van der Waals surface area contributed by atoms with Crippen molar-refractivity contribution in [3.8, 4) is 16.9 Å². The molecule has 0 bridgehead atoms. The van der Waals surface area contributed by atoms with E-state index in [9.17, 15) is 0 Å². The monoisotopic (exact) mass is 751 g/mol. The molecule has 2 aromatic heterocycles. The first-order chi connectivity index (χ1) is 12.7. The zero-order chi connectivity index (χ0) is 19.9. The summed E-state index contributed by atoms with van der Waals surface area (Å²) >= 11 is 3.22. The van der Waals surface area contributed by atoms with Crippen LogP contribution >= 0.6 is 18.8 Å². The summed E-state index contributed by atoms with van der Waals surface area (Å²) in [5.41, 5.74) is 4.95. The van der Waals surface area contributed by atoms with Gasteiger partial charge in [-0.3, -0.25) is 4.68 Å². The number of rotatable bonds is 2. The zero-order valence-corrected chi connectivity index (χ0v) is 20.8. The van der Waals surface area contributed by atoms with Crippen molar-refractivity contribution in [3.05, 3.63) is 73.0 Å². The molecule has 0 unspecified atom stereocenters. The molecule has 0 fully saturated rings. The van der Waals surface area contributed by atoms with Crippen molar-refractivity contribution in [1.82, 2.24) is 14.8 Å². The molecule has 0 radical (unpaired) electrons. The first kappa shape index (κ1) is 25.5. The van der Waals surface area contributed by atoms with Crippen LogP contribution in [0, 0.1) is 26.8 Å². The van der Waals surface area contributed by atoms with Gasteiger partial charge >= 0.3 is 56.4 Å². The third-order valence-electron chi connectivity index (χ3n) is 2.96. The van der Waals surface area contributed by atoms with E-state index >= 15 is 0 Å². The second kappa shape index (κ2) is 15.6. The van der Waals surface area contributed by atoms with E-state index in [1.807, 2.05) is 61.9 Å². The summed E-state index contributed by atoms with van der Waals surface area (Å²) in [6.45, 7) is 9.54. The second-order valence-electron chi connectivity index (χ2n) is 5.00. The molecule has 0 N–H and O–H groups in total. The fourth-order valence-electron chi connectivity index (χ4n) is 2.12. The van der Waals surface area contributed by atoms with Gasteiger partial charge in [-0.05, 0) is 37.4 Å². The van der Waals surface area contributed by atoms with Gasteiger partial charge in [0.25, 0.3) is 0 Å². The standard InChI is InChI=1S/C16H14N3.C3H7.2ClH.2Pt/c1-12-10-13(2)19(18-12)15-7-5-6-14(11-15)16-8-3-4-9-17-16;1-3-2;;;;/h3-10H,1-2H3;1,3H2,2H3;2*1H;;/q2*-1;;;2*+2/p-2. The molecule has 7 heteroatoms. The molecule has 2 heterocycles. The number of pyridine rings is 1. The van der Waals surface area contributed by atoms with Gasteiger partial charge in [0.15, 0.2) is 0 Å². The number of nitrogens with zero attached hydrogens (tertiary/aromatic N) is 3. The first-order valence-electron chi connectivity index (χ1n) is 7.66. The van der Waals surface area contributed by atoms with Crippen LogP contribution in [0.5, 0.6) is 0 Å². The number of aromatic nitrogens is 3. The van der Waals surface area contributed by atoms with Crippen molar-refractivity contribution in [3.63, 3.8) is 0 Å². The summed E-state index contributed by atoms with van der Waals surface area (Å²) in [7, 11) is 9.22.